The average molecular weight is 228 g/mol. The van der Waals surface area contributed by atoms with E-state index >= 15 is 0 Å². The molecule has 0 aromatic heterocycles. The van der Waals surface area contributed by atoms with E-state index in [9.17, 15) is 13.2 Å². The maximum atomic E-state index is 11.8. The number of carbonyl (C=O) groups excluding carboxylic acids is 1. The van der Waals surface area contributed by atoms with Gasteiger partial charge in [-0.25, -0.2) is 8.42 Å². The van der Waals surface area contributed by atoms with Crippen LogP contribution < -0.4 is 0 Å². The number of fused-ring (bicyclic) bond motifs is 4. The fourth-order valence-corrected chi connectivity index (χ4v) is 6.55. The highest BCUT2D eigenvalue weighted by Gasteiger charge is 2.66. The average Bonchev–Trinajstić information content (AvgIpc) is 2.39. The van der Waals surface area contributed by atoms with Crippen molar-refractivity contribution < 1.29 is 13.2 Å². The van der Waals surface area contributed by atoms with Crippen molar-refractivity contribution >= 4 is 15.6 Å². The Morgan fingerprint density at radius 1 is 1.33 bits per heavy atom. The minimum Gasteiger partial charge on any atom is -0.299 e. The Labute approximate surface area is 90.2 Å². The van der Waals surface area contributed by atoms with Gasteiger partial charge < -0.3 is 0 Å². The third-order valence-electron chi connectivity index (χ3n) is 4.87. The zero-order chi connectivity index (χ0) is 10.8. The van der Waals surface area contributed by atoms with Crippen LogP contribution in [0, 0.1) is 23.2 Å². The number of carbonyl (C=O) groups is 1. The van der Waals surface area contributed by atoms with Crippen LogP contribution in [0.4, 0.5) is 0 Å². The molecule has 4 atom stereocenters. The highest BCUT2D eigenvalue weighted by molar-refractivity contribution is 7.91. The summed E-state index contributed by atoms with van der Waals surface area (Å²) in [6.07, 6.45) is 2.67. The lowest BCUT2D eigenvalue weighted by molar-refractivity contribution is -0.157. The largest absolute Gasteiger partial charge is 0.299 e. The van der Waals surface area contributed by atoms with Gasteiger partial charge in [-0.2, -0.15) is 0 Å². The summed E-state index contributed by atoms with van der Waals surface area (Å²) in [5.41, 5.74) is 0.0174. The zero-order valence-electron chi connectivity index (χ0n) is 8.90. The first-order chi connectivity index (χ1) is 6.94. The second-order valence-electron chi connectivity index (χ2n) is 5.65. The summed E-state index contributed by atoms with van der Waals surface area (Å²) in [6, 6.07) is 0. The van der Waals surface area contributed by atoms with Gasteiger partial charge in [0.15, 0.2) is 9.84 Å². The van der Waals surface area contributed by atoms with Crippen molar-refractivity contribution in [2.45, 2.75) is 26.2 Å². The van der Waals surface area contributed by atoms with Gasteiger partial charge in [-0.05, 0) is 30.1 Å². The number of hydrogen-bond acceptors (Lipinski definition) is 3. The number of sulfone groups is 1. The molecule has 3 aliphatic rings. The highest BCUT2D eigenvalue weighted by Crippen LogP contribution is 2.64. The van der Waals surface area contributed by atoms with Crippen molar-refractivity contribution in [2.24, 2.45) is 23.2 Å². The van der Waals surface area contributed by atoms with E-state index in [0.717, 1.165) is 12.8 Å². The molecule has 1 aliphatic heterocycles. The summed E-state index contributed by atoms with van der Waals surface area (Å²) in [7, 11) is -2.85. The van der Waals surface area contributed by atoms with Crippen LogP contribution in [-0.4, -0.2) is 25.7 Å². The molecule has 1 saturated heterocycles. The number of hydrogen-bond donors (Lipinski definition) is 0. The summed E-state index contributed by atoms with van der Waals surface area (Å²) in [5.74, 6) is 1.42. The maximum absolute atomic E-state index is 11.8. The normalized spacial score (nSPS) is 51.8. The van der Waals surface area contributed by atoms with Crippen molar-refractivity contribution in [1.29, 1.82) is 0 Å². The molecule has 0 unspecified atom stereocenters. The molecule has 2 saturated carbocycles. The van der Waals surface area contributed by atoms with Gasteiger partial charge in [-0.15, -0.1) is 0 Å². The fraction of sp³-hybridized carbons (Fsp3) is 0.909. The van der Waals surface area contributed by atoms with Crippen LogP contribution in [0.2, 0.25) is 0 Å². The standard InChI is InChI=1S/C11H16O3S/c1-11-4-2-3-9(12)10(11)7-5-15(13,14)6-8(7)11/h7-8,10H,2-6H2,1H3/t7-,8+,10+,11+/m1/s1. The molecule has 2 aliphatic carbocycles. The van der Waals surface area contributed by atoms with Crippen LogP contribution >= 0.6 is 0 Å². The number of Topliss-reactive ketones (excluding diaryl/α,β-unsaturated/α-hetero) is 1. The zero-order valence-corrected chi connectivity index (χ0v) is 9.72. The van der Waals surface area contributed by atoms with Crippen LogP contribution in [0.15, 0.2) is 0 Å². The molecule has 3 nitrogen and oxygen atoms in total. The molecule has 0 amide bonds. The molecule has 0 aromatic carbocycles. The monoisotopic (exact) mass is 228 g/mol. The van der Waals surface area contributed by atoms with Crippen molar-refractivity contribution in [1.82, 2.24) is 0 Å². The molecule has 1 heterocycles. The summed E-state index contributed by atoms with van der Waals surface area (Å²) >= 11 is 0. The van der Waals surface area contributed by atoms with Crippen molar-refractivity contribution in [3.05, 3.63) is 0 Å². The van der Waals surface area contributed by atoms with Crippen molar-refractivity contribution in [2.75, 3.05) is 11.5 Å². The molecule has 0 spiro atoms. The lowest BCUT2D eigenvalue weighted by Gasteiger charge is -2.58. The summed E-state index contributed by atoms with van der Waals surface area (Å²) < 4.78 is 23.1. The van der Waals surface area contributed by atoms with E-state index in [1.807, 2.05) is 0 Å². The molecule has 84 valence electrons. The van der Waals surface area contributed by atoms with Gasteiger partial charge in [0.1, 0.15) is 5.78 Å². The van der Waals surface area contributed by atoms with Crippen molar-refractivity contribution in [3.8, 4) is 0 Å². The molecule has 15 heavy (non-hydrogen) atoms. The van der Waals surface area contributed by atoms with E-state index < -0.39 is 9.84 Å². The summed E-state index contributed by atoms with van der Waals surface area (Å²) in [6.45, 7) is 2.12. The smallest absolute Gasteiger partial charge is 0.150 e. The Balaban J connectivity index is 1.98. The Morgan fingerprint density at radius 3 is 2.80 bits per heavy atom. The van der Waals surface area contributed by atoms with E-state index in [4.69, 9.17) is 0 Å². The third kappa shape index (κ3) is 1.11. The molecule has 0 aromatic rings. The minimum absolute atomic E-state index is 0.0174. The Bertz CT molecular complexity index is 425. The Kier molecular flexibility index (Phi) is 1.73. The molecular formula is C11H16O3S. The molecule has 0 bridgehead atoms. The maximum Gasteiger partial charge on any atom is 0.150 e. The van der Waals surface area contributed by atoms with Gasteiger partial charge in [0.25, 0.3) is 0 Å². The van der Waals surface area contributed by atoms with Gasteiger partial charge >= 0.3 is 0 Å². The topological polar surface area (TPSA) is 51.2 Å². The Morgan fingerprint density at radius 2 is 2.07 bits per heavy atom. The predicted molar refractivity (Wildman–Crippen MR) is 56.1 cm³/mol. The van der Waals surface area contributed by atoms with Gasteiger partial charge in [0, 0.05) is 12.3 Å². The molecule has 0 N–H and O–H groups in total. The first-order valence-electron chi connectivity index (χ1n) is 5.67. The van der Waals surface area contributed by atoms with Crippen molar-refractivity contribution in [3.63, 3.8) is 0 Å². The molecule has 3 rings (SSSR count). The Hall–Kier alpha value is -0.380. The quantitative estimate of drug-likeness (QED) is 0.622. The summed E-state index contributed by atoms with van der Waals surface area (Å²) in [5, 5.41) is 0. The van der Waals surface area contributed by atoms with Crippen LogP contribution in [0.25, 0.3) is 0 Å². The van der Waals surface area contributed by atoms with E-state index in [2.05, 4.69) is 6.92 Å². The van der Waals surface area contributed by atoms with E-state index in [1.165, 1.54) is 0 Å². The minimum atomic E-state index is -2.85. The van der Waals surface area contributed by atoms with Gasteiger partial charge in [0.05, 0.1) is 11.5 Å². The lowest BCUT2D eigenvalue weighted by atomic mass is 9.44. The van der Waals surface area contributed by atoms with E-state index in [-0.39, 0.29) is 28.9 Å². The first kappa shape index (κ1) is 9.82. The molecular weight excluding hydrogens is 212 g/mol. The fourth-order valence-electron chi connectivity index (χ4n) is 4.23. The predicted octanol–water partition coefficient (Wildman–Crippen LogP) is 1.04. The van der Waals surface area contributed by atoms with Crippen LogP contribution in [0.3, 0.4) is 0 Å². The van der Waals surface area contributed by atoms with Gasteiger partial charge in [-0.3, -0.25) is 4.79 Å². The SMILES string of the molecule is C[C@@]12CCCC(=O)[C@@H]1[C@@H]1CS(=O)(=O)C[C@@H]12. The van der Waals surface area contributed by atoms with E-state index in [0.29, 0.717) is 18.0 Å². The molecule has 4 heteroatoms. The second kappa shape index (κ2) is 2.65. The van der Waals surface area contributed by atoms with Crippen LogP contribution in [0.5, 0.6) is 0 Å². The number of rotatable bonds is 0. The second-order valence-corrected chi connectivity index (χ2v) is 7.80. The highest BCUT2D eigenvalue weighted by atomic mass is 32.2. The number of ketones is 1. The summed E-state index contributed by atoms with van der Waals surface area (Å²) in [4.78, 5) is 11.8. The van der Waals surface area contributed by atoms with Crippen LogP contribution in [-0.2, 0) is 14.6 Å². The third-order valence-corrected chi connectivity index (χ3v) is 6.63. The van der Waals surface area contributed by atoms with Crippen LogP contribution in [0.1, 0.15) is 26.2 Å². The molecule has 0 radical (unpaired) electrons. The van der Waals surface area contributed by atoms with E-state index in [1.54, 1.807) is 0 Å². The molecule has 3 fully saturated rings. The van der Waals surface area contributed by atoms with Gasteiger partial charge in [0.2, 0.25) is 0 Å². The van der Waals surface area contributed by atoms with Gasteiger partial charge in [-0.1, -0.05) is 6.92 Å². The lowest BCUT2D eigenvalue weighted by Crippen LogP contribution is -2.59. The first-order valence-corrected chi connectivity index (χ1v) is 7.49.